The van der Waals surface area contributed by atoms with Gasteiger partial charge in [0.15, 0.2) is 0 Å². The second-order valence-corrected chi connectivity index (χ2v) is 7.70. The first-order chi connectivity index (χ1) is 11.8. The summed E-state index contributed by atoms with van der Waals surface area (Å²) in [6.45, 7) is 9.70. The van der Waals surface area contributed by atoms with E-state index in [1.807, 2.05) is 43.9 Å². The molecule has 1 atom stereocenters. The number of amides is 2. The maximum atomic E-state index is 12.3. The van der Waals surface area contributed by atoms with Gasteiger partial charge in [-0.2, -0.15) is 0 Å². The molecule has 25 heavy (non-hydrogen) atoms. The Morgan fingerprint density at radius 3 is 2.28 bits per heavy atom. The molecule has 0 bridgehead atoms. The molecule has 1 heterocycles. The predicted octanol–water partition coefficient (Wildman–Crippen LogP) is 0.820. The van der Waals surface area contributed by atoms with Crippen molar-refractivity contribution >= 4 is 11.8 Å². The van der Waals surface area contributed by atoms with Gasteiger partial charge in [0.2, 0.25) is 11.8 Å². The first-order valence-electron chi connectivity index (χ1n) is 8.85. The van der Waals surface area contributed by atoms with Gasteiger partial charge in [-0.05, 0) is 11.0 Å². The molecule has 0 unspecified atom stereocenters. The van der Waals surface area contributed by atoms with Crippen molar-refractivity contribution in [3.05, 3.63) is 35.9 Å². The molecular weight excluding hydrogens is 316 g/mol. The third kappa shape index (κ3) is 5.83. The second kappa shape index (κ2) is 8.45. The molecule has 2 rings (SSSR count). The molecule has 0 aliphatic carbocycles. The van der Waals surface area contributed by atoms with Crippen LogP contribution in [0.3, 0.4) is 0 Å². The average Bonchev–Trinajstić information content (AvgIpc) is 2.59. The van der Waals surface area contributed by atoms with E-state index in [0.717, 1.165) is 19.6 Å². The van der Waals surface area contributed by atoms with Gasteiger partial charge in [0.1, 0.15) is 0 Å². The minimum atomic E-state index is -0.622. The lowest BCUT2D eigenvalue weighted by Gasteiger charge is -2.35. The molecule has 1 aromatic carbocycles. The molecule has 0 spiro atoms. The molecule has 1 fully saturated rings. The zero-order chi connectivity index (χ0) is 18.4. The first-order valence-corrected chi connectivity index (χ1v) is 8.85. The van der Waals surface area contributed by atoms with Gasteiger partial charge in [0.05, 0.1) is 12.6 Å². The Morgan fingerprint density at radius 2 is 1.72 bits per heavy atom. The summed E-state index contributed by atoms with van der Waals surface area (Å²) in [4.78, 5) is 28.5. The number of benzene rings is 1. The topological polar surface area (TPSA) is 78.7 Å². The maximum absolute atomic E-state index is 12.3. The van der Waals surface area contributed by atoms with Crippen LogP contribution < -0.4 is 11.1 Å². The Morgan fingerprint density at radius 1 is 1.12 bits per heavy atom. The molecular formula is C19H30N4O2. The minimum Gasteiger partial charge on any atom is -0.346 e. The van der Waals surface area contributed by atoms with E-state index in [1.165, 1.54) is 5.56 Å². The fourth-order valence-corrected chi connectivity index (χ4v) is 2.77. The van der Waals surface area contributed by atoms with Gasteiger partial charge in [-0.3, -0.25) is 14.5 Å². The van der Waals surface area contributed by atoms with Gasteiger partial charge in [-0.15, -0.1) is 0 Å². The van der Waals surface area contributed by atoms with Crippen LogP contribution in [0.2, 0.25) is 0 Å². The van der Waals surface area contributed by atoms with Crippen molar-refractivity contribution in [3.8, 4) is 0 Å². The van der Waals surface area contributed by atoms with E-state index < -0.39 is 6.04 Å². The lowest BCUT2D eigenvalue weighted by atomic mass is 9.87. The van der Waals surface area contributed by atoms with E-state index >= 15 is 0 Å². The number of hydrogen-bond donors (Lipinski definition) is 2. The van der Waals surface area contributed by atoms with Crippen molar-refractivity contribution in [2.75, 3.05) is 32.7 Å². The third-order valence-electron chi connectivity index (χ3n) is 4.60. The summed E-state index contributed by atoms with van der Waals surface area (Å²) < 4.78 is 0. The van der Waals surface area contributed by atoms with Crippen molar-refractivity contribution in [2.45, 2.75) is 33.4 Å². The number of rotatable bonds is 5. The van der Waals surface area contributed by atoms with E-state index in [-0.39, 0.29) is 23.8 Å². The van der Waals surface area contributed by atoms with Crippen molar-refractivity contribution in [1.29, 1.82) is 0 Å². The van der Waals surface area contributed by atoms with E-state index in [9.17, 15) is 9.59 Å². The van der Waals surface area contributed by atoms with Gasteiger partial charge in [0, 0.05) is 32.7 Å². The smallest absolute Gasteiger partial charge is 0.242 e. The standard InChI is InChI=1S/C19H30N4O2/c1-19(2,3)17(20)18(25)21-13-16(24)23-11-9-22(10-12-23)14-15-7-5-4-6-8-15/h4-8,17H,9-14,20H2,1-3H3,(H,21,25)/t17-/m1/s1. The van der Waals surface area contributed by atoms with E-state index in [0.29, 0.717) is 13.1 Å². The SMILES string of the molecule is CC(C)(C)[C@H](N)C(=O)NCC(=O)N1CCN(Cc2ccccc2)CC1. The van der Waals surface area contributed by atoms with Gasteiger partial charge >= 0.3 is 0 Å². The zero-order valence-corrected chi connectivity index (χ0v) is 15.5. The minimum absolute atomic E-state index is 0.0152. The molecule has 6 nitrogen and oxygen atoms in total. The Balaban J connectivity index is 1.73. The molecule has 6 heteroatoms. The molecule has 0 saturated carbocycles. The highest BCUT2D eigenvalue weighted by molar-refractivity contribution is 5.87. The molecule has 1 saturated heterocycles. The third-order valence-corrected chi connectivity index (χ3v) is 4.60. The van der Waals surface area contributed by atoms with Crippen LogP contribution in [-0.4, -0.2) is 60.4 Å². The fraction of sp³-hybridized carbons (Fsp3) is 0.579. The van der Waals surface area contributed by atoms with Crippen LogP contribution in [0.15, 0.2) is 30.3 Å². The number of hydrogen-bond acceptors (Lipinski definition) is 4. The monoisotopic (exact) mass is 346 g/mol. The molecule has 138 valence electrons. The van der Waals surface area contributed by atoms with Gasteiger partial charge in [0.25, 0.3) is 0 Å². The molecule has 2 amide bonds. The summed E-state index contributed by atoms with van der Waals surface area (Å²) >= 11 is 0. The van der Waals surface area contributed by atoms with Crippen LogP contribution in [0.5, 0.6) is 0 Å². The molecule has 1 aliphatic rings. The number of carbonyl (C=O) groups excluding carboxylic acids is 2. The summed E-state index contributed by atoms with van der Waals surface area (Å²) in [5.41, 5.74) is 6.87. The van der Waals surface area contributed by atoms with Gasteiger partial charge in [-0.1, -0.05) is 51.1 Å². The number of carbonyl (C=O) groups is 2. The Hall–Kier alpha value is -1.92. The molecule has 1 aromatic rings. The van der Waals surface area contributed by atoms with Crippen LogP contribution in [-0.2, 0) is 16.1 Å². The van der Waals surface area contributed by atoms with Crippen molar-refractivity contribution in [1.82, 2.24) is 15.1 Å². The lowest BCUT2D eigenvalue weighted by Crippen LogP contribution is -2.53. The molecule has 0 aromatic heterocycles. The van der Waals surface area contributed by atoms with Crippen molar-refractivity contribution in [3.63, 3.8) is 0 Å². The van der Waals surface area contributed by atoms with Gasteiger partial charge in [-0.25, -0.2) is 0 Å². The Bertz CT molecular complexity index is 575. The predicted molar refractivity (Wildman–Crippen MR) is 98.7 cm³/mol. The zero-order valence-electron chi connectivity index (χ0n) is 15.5. The number of nitrogens with one attached hydrogen (secondary N) is 1. The van der Waals surface area contributed by atoms with Crippen molar-refractivity contribution < 1.29 is 9.59 Å². The van der Waals surface area contributed by atoms with E-state index in [4.69, 9.17) is 5.73 Å². The summed E-state index contributed by atoms with van der Waals surface area (Å²) in [6, 6.07) is 9.71. The van der Waals surface area contributed by atoms with Crippen LogP contribution in [0.1, 0.15) is 26.3 Å². The summed E-state index contributed by atoms with van der Waals surface area (Å²) in [7, 11) is 0. The van der Waals surface area contributed by atoms with Gasteiger partial charge < -0.3 is 16.0 Å². The number of nitrogens with zero attached hydrogens (tertiary/aromatic N) is 2. The van der Waals surface area contributed by atoms with Crippen LogP contribution in [0, 0.1) is 5.41 Å². The fourth-order valence-electron chi connectivity index (χ4n) is 2.77. The lowest BCUT2D eigenvalue weighted by molar-refractivity contribution is -0.135. The highest BCUT2D eigenvalue weighted by atomic mass is 16.2. The van der Waals surface area contributed by atoms with Crippen LogP contribution >= 0.6 is 0 Å². The summed E-state index contributed by atoms with van der Waals surface area (Å²) in [5, 5.41) is 2.67. The van der Waals surface area contributed by atoms with Crippen molar-refractivity contribution in [2.24, 2.45) is 11.1 Å². The van der Waals surface area contributed by atoms with Crippen LogP contribution in [0.4, 0.5) is 0 Å². The van der Waals surface area contributed by atoms with E-state index in [2.05, 4.69) is 22.3 Å². The van der Waals surface area contributed by atoms with Crippen LogP contribution in [0.25, 0.3) is 0 Å². The summed E-state index contributed by atoms with van der Waals surface area (Å²) in [5.74, 6) is -0.322. The number of piperazine rings is 1. The average molecular weight is 346 g/mol. The highest BCUT2D eigenvalue weighted by Gasteiger charge is 2.28. The normalized spacial score (nSPS) is 17.2. The first kappa shape index (κ1) is 19.4. The second-order valence-electron chi connectivity index (χ2n) is 7.70. The summed E-state index contributed by atoms with van der Waals surface area (Å²) in [6.07, 6.45) is 0. The highest BCUT2D eigenvalue weighted by Crippen LogP contribution is 2.17. The number of nitrogens with two attached hydrogens (primary N) is 1. The quantitative estimate of drug-likeness (QED) is 0.827. The Kier molecular flexibility index (Phi) is 6.56. The molecule has 3 N–H and O–H groups in total. The Labute approximate surface area is 150 Å². The molecule has 0 radical (unpaired) electrons. The maximum Gasteiger partial charge on any atom is 0.242 e. The largest absolute Gasteiger partial charge is 0.346 e. The molecule has 1 aliphatic heterocycles. The van der Waals surface area contributed by atoms with E-state index in [1.54, 1.807) is 0 Å².